The fourth-order valence-corrected chi connectivity index (χ4v) is 3.91. The van der Waals surface area contributed by atoms with Gasteiger partial charge in [-0.15, -0.1) is 10.2 Å². The lowest BCUT2D eigenvalue weighted by Gasteiger charge is -2.26. The van der Waals surface area contributed by atoms with Gasteiger partial charge in [0.15, 0.2) is 0 Å². The van der Waals surface area contributed by atoms with E-state index in [1.54, 1.807) is 30.7 Å². The van der Waals surface area contributed by atoms with E-state index in [1.807, 2.05) is 0 Å². The standard InChI is InChI=1S/C16H21N5O3S/c1-11(15-19-17-10-21(15)2)20-25(23,24)14-8-3-5-12(9-14)16(22)18-13-6-4-7-13/h3,5,8-11,13,20H,4,6-7H2,1-2H3,(H,18,22). The van der Waals surface area contributed by atoms with Crippen LogP contribution in [0, 0.1) is 0 Å². The SMILES string of the molecule is CC(NS(=O)(=O)c1cccc(C(=O)NC2CCC2)c1)c1nncn1C. The van der Waals surface area contributed by atoms with E-state index in [1.165, 1.54) is 18.5 Å². The van der Waals surface area contributed by atoms with E-state index < -0.39 is 16.1 Å². The van der Waals surface area contributed by atoms with Crippen LogP contribution in [0.15, 0.2) is 35.5 Å². The molecule has 1 unspecified atom stereocenters. The number of carbonyl (C=O) groups excluding carboxylic acids is 1. The highest BCUT2D eigenvalue weighted by Gasteiger charge is 2.23. The number of carbonyl (C=O) groups is 1. The maximum atomic E-state index is 12.6. The van der Waals surface area contributed by atoms with Crippen molar-refractivity contribution in [1.82, 2.24) is 24.8 Å². The Bertz CT molecular complexity index is 873. The zero-order valence-electron chi connectivity index (χ0n) is 14.1. The van der Waals surface area contributed by atoms with Crippen molar-refractivity contribution in [2.24, 2.45) is 7.05 Å². The number of amides is 1. The summed E-state index contributed by atoms with van der Waals surface area (Å²) in [6.45, 7) is 1.69. The number of aryl methyl sites for hydroxylation is 1. The monoisotopic (exact) mass is 363 g/mol. The fraction of sp³-hybridized carbons (Fsp3) is 0.438. The summed E-state index contributed by atoms with van der Waals surface area (Å²) in [6.07, 6.45) is 4.57. The van der Waals surface area contributed by atoms with Crippen LogP contribution in [0.4, 0.5) is 0 Å². The largest absolute Gasteiger partial charge is 0.349 e. The molecule has 8 nitrogen and oxygen atoms in total. The summed E-state index contributed by atoms with van der Waals surface area (Å²) in [5.74, 6) is 0.255. The van der Waals surface area contributed by atoms with E-state index in [2.05, 4.69) is 20.2 Å². The first-order chi connectivity index (χ1) is 11.9. The van der Waals surface area contributed by atoms with Gasteiger partial charge in [-0.05, 0) is 44.4 Å². The van der Waals surface area contributed by atoms with Gasteiger partial charge in [-0.3, -0.25) is 4.79 Å². The number of hydrogen-bond donors (Lipinski definition) is 2. The molecule has 1 aliphatic rings. The van der Waals surface area contributed by atoms with Gasteiger partial charge in [-0.2, -0.15) is 0 Å². The van der Waals surface area contributed by atoms with E-state index in [0.29, 0.717) is 11.4 Å². The molecule has 2 aromatic rings. The van der Waals surface area contributed by atoms with Crippen molar-refractivity contribution in [1.29, 1.82) is 0 Å². The second-order valence-electron chi connectivity index (χ2n) is 6.27. The van der Waals surface area contributed by atoms with Crippen molar-refractivity contribution < 1.29 is 13.2 Å². The van der Waals surface area contributed by atoms with E-state index in [-0.39, 0.29) is 16.8 Å². The van der Waals surface area contributed by atoms with Crippen LogP contribution in [0.3, 0.4) is 0 Å². The molecule has 1 saturated carbocycles. The van der Waals surface area contributed by atoms with Crippen LogP contribution in [0.1, 0.15) is 48.4 Å². The number of sulfonamides is 1. The Kier molecular flexibility index (Phi) is 4.87. The summed E-state index contributed by atoms with van der Waals surface area (Å²) in [7, 11) is -2.05. The Morgan fingerprint density at radius 2 is 2.12 bits per heavy atom. The molecule has 0 spiro atoms. The van der Waals surface area contributed by atoms with Crippen molar-refractivity contribution in [2.75, 3.05) is 0 Å². The number of hydrogen-bond acceptors (Lipinski definition) is 5. The average molecular weight is 363 g/mol. The molecule has 1 aromatic carbocycles. The Balaban J connectivity index is 1.76. The molecule has 0 aliphatic heterocycles. The molecule has 0 bridgehead atoms. The third kappa shape index (κ3) is 3.88. The van der Waals surface area contributed by atoms with Crippen molar-refractivity contribution in [3.8, 4) is 0 Å². The van der Waals surface area contributed by atoms with Gasteiger partial charge in [0.1, 0.15) is 12.2 Å². The van der Waals surface area contributed by atoms with Gasteiger partial charge in [-0.25, -0.2) is 13.1 Å². The van der Waals surface area contributed by atoms with Crippen molar-refractivity contribution >= 4 is 15.9 Å². The molecule has 9 heteroatoms. The van der Waals surface area contributed by atoms with E-state index in [0.717, 1.165) is 19.3 Å². The van der Waals surface area contributed by atoms with Gasteiger partial charge in [-0.1, -0.05) is 6.07 Å². The molecule has 134 valence electrons. The van der Waals surface area contributed by atoms with E-state index in [9.17, 15) is 13.2 Å². The Labute approximate surface area is 146 Å². The maximum absolute atomic E-state index is 12.6. The first-order valence-corrected chi connectivity index (χ1v) is 9.62. The van der Waals surface area contributed by atoms with Crippen molar-refractivity contribution in [3.63, 3.8) is 0 Å². The number of aromatic nitrogens is 3. The van der Waals surface area contributed by atoms with Crippen molar-refractivity contribution in [2.45, 2.75) is 43.2 Å². The van der Waals surface area contributed by atoms with E-state index in [4.69, 9.17) is 0 Å². The lowest BCUT2D eigenvalue weighted by atomic mass is 9.93. The lowest BCUT2D eigenvalue weighted by molar-refractivity contribution is 0.0916. The fourth-order valence-electron chi connectivity index (χ4n) is 2.66. The summed E-state index contributed by atoms with van der Waals surface area (Å²) in [5, 5.41) is 10.6. The summed E-state index contributed by atoms with van der Waals surface area (Å²) in [6, 6.07) is 5.67. The number of benzene rings is 1. The highest BCUT2D eigenvalue weighted by Crippen LogP contribution is 2.20. The van der Waals surface area contributed by atoms with Crippen molar-refractivity contribution in [3.05, 3.63) is 42.0 Å². The molecule has 2 N–H and O–H groups in total. The van der Waals surface area contributed by atoms with Gasteiger partial charge in [0.2, 0.25) is 10.0 Å². The van der Waals surface area contributed by atoms with Crippen LogP contribution in [-0.2, 0) is 17.1 Å². The first kappa shape index (κ1) is 17.6. The second-order valence-corrected chi connectivity index (χ2v) is 7.99. The number of nitrogens with one attached hydrogen (secondary N) is 2. The predicted molar refractivity (Wildman–Crippen MR) is 91.3 cm³/mol. The van der Waals surface area contributed by atoms with Gasteiger partial charge in [0, 0.05) is 18.7 Å². The lowest BCUT2D eigenvalue weighted by Crippen LogP contribution is -2.39. The number of nitrogens with zero attached hydrogens (tertiary/aromatic N) is 3. The predicted octanol–water partition coefficient (Wildman–Crippen LogP) is 1.14. The minimum Gasteiger partial charge on any atom is -0.349 e. The first-order valence-electron chi connectivity index (χ1n) is 8.14. The topological polar surface area (TPSA) is 106 Å². The molecular weight excluding hydrogens is 342 g/mol. The normalized spacial score (nSPS) is 16.2. The molecule has 1 heterocycles. The second kappa shape index (κ2) is 6.93. The molecule has 0 radical (unpaired) electrons. The quantitative estimate of drug-likeness (QED) is 0.800. The average Bonchev–Trinajstić information content (AvgIpc) is 2.96. The highest BCUT2D eigenvalue weighted by molar-refractivity contribution is 7.89. The molecule has 1 aliphatic carbocycles. The summed E-state index contributed by atoms with van der Waals surface area (Å²) < 4.78 is 29.4. The van der Waals surface area contributed by atoms with Crippen LogP contribution < -0.4 is 10.0 Å². The molecule has 3 rings (SSSR count). The van der Waals surface area contributed by atoms with Crippen LogP contribution in [0.2, 0.25) is 0 Å². The van der Waals surface area contributed by atoms with Crippen LogP contribution in [0.25, 0.3) is 0 Å². The van der Waals surface area contributed by atoms with Gasteiger partial charge in [0.25, 0.3) is 5.91 Å². The van der Waals surface area contributed by atoms with Gasteiger partial charge >= 0.3 is 0 Å². The minimum absolute atomic E-state index is 0.0442. The third-order valence-electron chi connectivity index (χ3n) is 4.31. The molecule has 1 atom stereocenters. The molecular formula is C16H21N5O3S. The summed E-state index contributed by atoms with van der Waals surface area (Å²) in [4.78, 5) is 12.3. The molecule has 1 fully saturated rings. The molecule has 0 saturated heterocycles. The van der Waals surface area contributed by atoms with Crippen LogP contribution >= 0.6 is 0 Å². The maximum Gasteiger partial charge on any atom is 0.251 e. The number of rotatable bonds is 6. The van der Waals surface area contributed by atoms with E-state index >= 15 is 0 Å². The zero-order valence-corrected chi connectivity index (χ0v) is 15.0. The Morgan fingerprint density at radius 3 is 2.72 bits per heavy atom. The Hall–Kier alpha value is -2.26. The summed E-state index contributed by atoms with van der Waals surface area (Å²) >= 11 is 0. The molecule has 1 aromatic heterocycles. The van der Waals surface area contributed by atoms with Gasteiger partial charge in [0.05, 0.1) is 10.9 Å². The Morgan fingerprint density at radius 1 is 1.36 bits per heavy atom. The third-order valence-corrected chi connectivity index (χ3v) is 5.85. The highest BCUT2D eigenvalue weighted by atomic mass is 32.2. The minimum atomic E-state index is -3.79. The molecule has 1 amide bonds. The van der Waals surface area contributed by atoms with Crippen LogP contribution in [0.5, 0.6) is 0 Å². The van der Waals surface area contributed by atoms with Gasteiger partial charge < -0.3 is 9.88 Å². The smallest absolute Gasteiger partial charge is 0.251 e. The molecule has 25 heavy (non-hydrogen) atoms. The summed E-state index contributed by atoms with van der Waals surface area (Å²) in [5.41, 5.74) is 0.334. The van der Waals surface area contributed by atoms with Crippen LogP contribution in [-0.4, -0.2) is 35.1 Å². The zero-order chi connectivity index (χ0) is 18.0.